The van der Waals surface area contributed by atoms with Crippen molar-refractivity contribution in [2.45, 2.75) is 25.4 Å². The van der Waals surface area contributed by atoms with Crippen LogP contribution < -0.4 is 10.2 Å². The van der Waals surface area contributed by atoms with Gasteiger partial charge in [0.15, 0.2) is 11.6 Å². The van der Waals surface area contributed by atoms with E-state index in [1.54, 1.807) is 11.9 Å². The molecule has 0 radical (unpaired) electrons. The monoisotopic (exact) mass is 254 g/mol. The highest BCUT2D eigenvalue weighted by Crippen LogP contribution is 2.19. The number of ether oxygens (including phenoxy) is 1. The number of hydrogen-bond acceptors (Lipinski definition) is 5. The van der Waals surface area contributed by atoms with E-state index < -0.39 is 5.82 Å². The van der Waals surface area contributed by atoms with Crippen molar-refractivity contribution in [3.63, 3.8) is 0 Å². The fourth-order valence-electron chi connectivity index (χ4n) is 2.09. The van der Waals surface area contributed by atoms with Crippen LogP contribution in [-0.4, -0.2) is 43.3 Å². The lowest BCUT2D eigenvalue weighted by Gasteiger charge is -2.28. The minimum atomic E-state index is -0.410. The fourth-order valence-corrected chi connectivity index (χ4v) is 2.09. The number of likely N-dealkylation sites (N-methyl/N-ethyl adjacent to an activating group) is 1. The lowest BCUT2D eigenvalue weighted by Crippen LogP contribution is -2.34. The minimum absolute atomic E-state index is 0.163. The molecule has 0 bridgehead atoms. The number of aromatic nitrogens is 2. The second-order valence-corrected chi connectivity index (χ2v) is 4.48. The molecule has 18 heavy (non-hydrogen) atoms. The van der Waals surface area contributed by atoms with E-state index in [1.165, 1.54) is 12.6 Å². The number of nitrogens with zero attached hydrogens (tertiary/aromatic N) is 3. The molecule has 0 spiro atoms. The smallest absolute Gasteiger partial charge is 0.224 e. The predicted octanol–water partition coefficient (Wildman–Crippen LogP) is 1.66. The van der Waals surface area contributed by atoms with Gasteiger partial charge < -0.3 is 15.0 Å². The van der Waals surface area contributed by atoms with Gasteiger partial charge in [-0.1, -0.05) is 0 Å². The minimum Gasteiger partial charge on any atom is -0.376 e. The number of halogens is 1. The molecule has 0 amide bonds. The molecule has 1 fully saturated rings. The number of rotatable bonds is 4. The Morgan fingerprint density at radius 3 is 3.06 bits per heavy atom. The van der Waals surface area contributed by atoms with Crippen LogP contribution in [0.3, 0.4) is 0 Å². The molecule has 0 aromatic carbocycles. The summed E-state index contributed by atoms with van der Waals surface area (Å²) in [5, 5.41) is 2.81. The normalized spacial score (nSPS) is 19.6. The standard InChI is InChI=1S/C12H19FN4O/c1-14-12-15-7-10(13)11(16-12)17(2)8-9-5-3-4-6-18-9/h7,9H,3-6,8H2,1-2H3,(H,14,15,16). The molecule has 0 aliphatic carbocycles. The average Bonchev–Trinajstić information content (AvgIpc) is 2.40. The first-order chi connectivity index (χ1) is 8.70. The van der Waals surface area contributed by atoms with Crippen LogP contribution in [0.4, 0.5) is 16.2 Å². The molecular weight excluding hydrogens is 235 g/mol. The zero-order valence-corrected chi connectivity index (χ0v) is 10.8. The van der Waals surface area contributed by atoms with Crippen molar-refractivity contribution in [2.24, 2.45) is 0 Å². The Bertz CT molecular complexity index is 396. The Morgan fingerprint density at radius 1 is 1.56 bits per heavy atom. The van der Waals surface area contributed by atoms with E-state index in [0.29, 0.717) is 18.3 Å². The van der Waals surface area contributed by atoms with Gasteiger partial charge in [-0.3, -0.25) is 0 Å². The highest BCUT2D eigenvalue weighted by Gasteiger charge is 2.19. The van der Waals surface area contributed by atoms with E-state index >= 15 is 0 Å². The zero-order chi connectivity index (χ0) is 13.0. The number of anilines is 2. The quantitative estimate of drug-likeness (QED) is 0.885. The van der Waals surface area contributed by atoms with Crippen LogP contribution in [0.15, 0.2) is 6.20 Å². The van der Waals surface area contributed by atoms with Crippen LogP contribution >= 0.6 is 0 Å². The molecule has 2 heterocycles. The van der Waals surface area contributed by atoms with E-state index in [4.69, 9.17) is 4.74 Å². The second kappa shape index (κ2) is 5.95. The summed E-state index contributed by atoms with van der Waals surface area (Å²) in [5.41, 5.74) is 0. The lowest BCUT2D eigenvalue weighted by atomic mass is 10.1. The molecule has 1 aromatic rings. The maximum Gasteiger partial charge on any atom is 0.224 e. The molecule has 1 atom stereocenters. The molecule has 1 saturated heterocycles. The summed E-state index contributed by atoms with van der Waals surface area (Å²) in [6.45, 7) is 1.45. The lowest BCUT2D eigenvalue weighted by molar-refractivity contribution is 0.0215. The van der Waals surface area contributed by atoms with Gasteiger partial charge >= 0.3 is 0 Å². The first kappa shape index (κ1) is 13.0. The van der Waals surface area contributed by atoms with Gasteiger partial charge in [0.1, 0.15) is 0 Å². The summed E-state index contributed by atoms with van der Waals surface area (Å²) in [7, 11) is 3.53. The van der Waals surface area contributed by atoms with Crippen LogP contribution in [0.1, 0.15) is 19.3 Å². The largest absolute Gasteiger partial charge is 0.376 e. The van der Waals surface area contributed by atoms with Crippen molar-refractivity contribution >= 4 is 11.8 Å². The molecule has 6 heteroatoms. The first-order valence-electron chi connectivity index (χ1n) is 6.23. The summed E-state index contributed by atoms with van der Waals surface area (Å²) < 4.78 is 19.3. The molecule has 1 aliphatic rings. The third-order valence-electron chi connectivity index (χ3n) is 3.06. The molecule has 100 valence electrons. The summed E-state index contributed by atoms with van der Waals surface area (Å²) >= 11 is 0. The Balaban J connectivity index is 2.04. The third-order valence-corrected chi connectivity index (χ3v) is 3.06. The Morgan fingerprint density at radius 2 is 2.39 bits per heavy atom. The molecule has 1 aliphatic heterocycles. The molecule has 5 nitrogen and oxygen atoms in total. The molecule has 1 unspecified atom stereocenters. The van der Waals surface area contributed by atoms with Gasteiger partial charge in [0.2, 0.25) is 5.95 Å². The first-order valence-corrected chi connectivity index (χ1v) is 6.23. The van der Waals surface area contributed by atoms with Crippen molar-refractivity contribution < 1.29 is 9.13 Å². The van der Waals surface area contributed by atoms with E-state index in [0.717, 1.165) is 19.4 Å². The van der Waals surface area contributed by atoms with Gasteiger partial charge in [0, 0.05) is 27.2 Å². The molecule has 1 aromatic heterocycles. The van der Waals surface area contributed by atoms with Crippen molar-refractivity contribution in [1.82, 2.24) is 9.97 Å². The summed E-state index contributed by atoms with van der Waals surface area (Å²) in [4.78, 5) is 9.75. The maximum absolute atomic E-state index is 13.7. The summed E-state index contributed by atoms with van der Waals surface area (Å²) in [5.74, 6) is 0.318. The topological polar surface area (TPSA) is 50.3 Å². The summed E-state index contributed by atoms with van der Waals surface area (Å²) in [6, 6.07) is 0. The highest BCUT2D eigenvalue weighted by molar-refractivity contribution is 5.43. The van der Waals surface area contributed by atoms with Crippen LogP contribution in [0.25, 0.3) is 0 Å². The van der Waals surface area contributed by atoms with E-state index in [-0.39, 0.29) is 6.10 Å². The third kappa shape index (κ3) is 3.07. The molecular formula is C12H19FN4O. The van der Waals surface area contributed by atoms with E-state index in [1.807, 2.05) is 7.05 Å². The molecule has 2 rings (SSSR count). The van der Waals surface area contributed by atoms with E-state index in [2.05, 4.69) is 15.3 Å². The Kier molecular flexibility index (Phi) is 4.30. The van der Waals surface area contributed by atoms with Crippen LogP contribution in [0.5, 0.6) is 0 Å². The van der Waals surface area contributed by atoms with Crippen LogP contribution in [0, 0.1) is 5.82 Å². The average molecular weight is 254 g/mol. The SMILES string of the molecule is CNc1ncc(F)c(N(C)CC2CCCCO2)n1. The van der Waals surface area contributed by atoms with Crippen LogP contribution in [0.2, 0.25) is 0 Å². The van der Waals surface area contributed by atoms with Gasteiger partial charge in [-0.05, 0) is 19.3 Å². The van der Waals surface area contributed by atoms with Gasteiger partial charge in [-0.25, -0.2) is 9.37 Å². The van der Waals surface area contributed by atoms with Crippen molar-refractivity contribution in [2.75, 3.05) is 37.5 Å². The predicted molar refractivity (Wildman–Crippen MR) is 68.4 cm³/mol. The van der Waals surface area contributed by atoms with Crippen molar-refractivity contribution in [3.8, 4) is 0 Å². The zero-order valence-electron chi connectivity index (χ0n) is 10.8. The second-order valence-electron chi connectivity index (χ2n) is 4.48. The van der Waals surface area contributed by atoms with Crippen molar-refractivity contribution in [3.05, 3.63) is 12.0 Å². The van der Waals surface area contributed by atoms with Gasteiger partial charge in [0.05, 0.1) is 12.3 Å². The molecule has 0 saturated carbocycles. The maximum atomic E-state index is 13.7. The van der Waals surface area contributed by atoms with Crippen LogP contribution in [-0.2, 0) is 4.74 Å². The number of nitrogens with one attached hydrogen (secondary N) is 1. The Labute approximate surface area is 106 Å². The van der Waals surface area contributed by atoms with Gasteiger partial charge in [-0.2, -0.15) is 4.98 Å². The highest BCUT2D eigenvalue weighted by atomic mass is 19.1. The van der Waals surface area contributed by atoms with E-state index in [9.17, 15) is 4.39 Å². The van der Waals surface area contributed by atoms with Gasteiger partial charge in [-0.15, -0.1) is 0 Å². The number of hydrogen-bond donors (Lipinski definition) is 1. The van der Waals surface area contributed by atoms with Gasteiger partial charge in [0.25, 0.3) is 0 Å². The molecule has 1 N–H and O–H groups in total. The van der Waals surface area contributed by atoms with Crippen molar-refractivity contribution in [1.29, 1.82) is 0 Å². The summed E-state index contributed by atoms with van der Waals surface area (Å²) in [6.07, 6.45) is 4.66. The fraction of sp³-hybridized carbons (Fsp3) is 0.667. The Hall–Kier alpha value is -1.43.